The fourth-order valence-corrected chi connectivity index (χ4v) is 7.21. The van der Waals surface area contributed by atoms with Crippen LogP contribution in [-0.2, 0) is 22.7 Å². The Bertz CT molecular complexity index is 701. The van der Waals surface area contributed by atoms with Crippen LogP contribution in [0.2, 0.25) is 0 Å². The van der Waals surface area contributed by atoms with Crippen LogP contribution in [-0.4, -0.2) is 110 Å². The molecule has 0 amide bonds. The molecule has 6 nitrogen and oxygen atoms in total. The molecule has 0 N–H and O–H groups in total. The molecule has 4 saturated heterocycles. The van der Waals surface area contributed by atoms with Crippen molar-refractivity contribution in [2.24, 2.45) is 0 Å². The Hall–Kier alpha value is -0.440. The highest BCUT2D eigenvalue weighted by Crippen LogP contribution is 2.18. The summed E-state index contributed by atoms with van der Waals surface area (Å²) in [4.78, 5) is 10.6. The second-order valence-corrected chi connectivity index (χ2v) is 13.1. The zero-order valence-corrected chi connectivity index (χ0v) is 27.9. The minimum atomic E-state index is 0. The first-order valence-electron chi connectivity index (χ1n) is 17.0. The minimum Gasteiger partial charge on any atom is -0.371 e. The zero-order valence-electron chi connectivity index (χ0n) is 26.3. The molecular weight excluding hydrogens is 567 g/mol. The van der Waals surface area contributed by atoms with Crippen molar-refractivity contribution in [3.05, 3.63) is 35.4 Å². The molecule has 42 heavy (non-hydrogen) atoms. The number of hydrogen-bond acceptors (Lipinski definition) is 6. The summed E-state index contributed by atoms with van der Waals surface area (Å²) in [7, 11) is 0. The van der Waals surface area contributed by atoms with Crippen LogP contribution in [0, 0.1) is 0 Å². The van der Waals surface area contributed by atoms with Gasteiger partial charge in [0.25, 0.3) is 0 Å². The number of piperidine rings is 4. The van der Waals surface area contributed by atoms with Gasteiger partial charge in [-0.1, -0.05) is 49.9 Å². The molecule has 0 saturated carbocycles. The normalized spacial score (nSPS) is 21.8. The van der Waals surface area contributed by atoms with E-state index in [1.165, 1.54) is 141 Å². The maximum atomic E-state index is 6.62. The van der Waals surface area contributed by atoms with E-state index in [0.29, 0.717) is 25.4 Å². The summed E-state index contributed by atoms with van der Waals surface area (Å²) in [5.41, 5.74) is 2.56. The predicted octanol–water partition coefficient (Wildman–Crippen LogP) is 6.24. The number of rotatable bonds is 14. The van der Waals surface area contributed by atoms with Crippen LogP contribution in [0.5, 0.6) is 0 Å². The van der Waals surface area contributed by atoms with Gasteiger partial charge in [0.15, 0.2) is 0 Å². The smallest absolute Gasteiger partial charge is 0.0833 e. The van der Waals surface area contributed by atoms with Gasteiger partial charge in [0.2, 0.25) is 0 Å². The Morgan fingerprint density at radius 3 is 0.881 bits per heavy atom. The molecule has 0 unspecified atom stereocenters. The van der Waals surface area contributed by atoms with Gasteiger partial charge in [-0.3, -0.25) is 0 Å². The van der Waals surface area contributed by atoms with Crippen LogP contribution in [0.3, 0.4) is 0 Å². The Kier molecular flexibility index (Phi) is 17.6. The first-order valence-corrected chi connectivity index (χ1v) is 17.0. The summed E-state index contributed by atoms with van der Waals surface area (Å²) in [6.45, 7) is 15.7. The predicted molar refractivity (Wildman–Crippen MR) is 179 cm³/mol. The highest BCUT2D eigenvalue weighted by Gasteiger charge is 2.23. The number of halogens is 2. The maximum absolute atomic E-state index is 6.62. The summed E-state index contributed by atoms with van der Waals surface area (Å²) in [5.74, 6) is 0. The molecule has 4 aliphatic heterocycles. The van der Waals surface area contributed by atoms with Gasteiger partial charge in [0, 0.05) is 26.2 Å². The number of nitrogens with zero attached hydrogens (tertiary/aromatic N) is 4. The van der Waals surface area contributed by atoms with Crippen LogP contribution in [0.4, 0.5) is 0 Å². The van der Waals surface area contributed by atoms with Crippen molar-refractivity contribution in [1.82, 2.24) is 19.6 Å². The standard InChI is InChI=1S/C34H58N4O2.2ClH/c1-5-17-35(18-6-1)25-33(26-36-19-7-2-8-20-36)39-29-31-13-15-32(16-14-31)30-40-34(27-37-21-9-3-10-22-37)28-38-23-11-4-12-24-38;;/h13-16,33-34H,1-12,17-30H2;2*1H. The molecular formula is C34H60Cl2N4O2. The van der Waals surface area contributed by atoms with Crippen LogP contribution in [0.25, 0.3) is 0 Å². The van der Waals surface area contributed by atoms with Crippen LogP contribution in [0.15, 0.2) is 24.3 Å². The van der Waals surface area contributed by atoms with Gasteiger partial charge >= 0.3 is 0 Å². The third-order valence-electron chi connectivity index (χ3n) is 9.64. The van der Waals surface area contributed by atoms with Crippen molar-refractivity contribution in [3.8, 4) is 0 Å². The molecule has 1 aromatic rings. The topological polar surface area (TPSA) is 31.4 Å². The van der Waals surface area contributed by atoms with Crippen LogP contribution >= 0.6 is 24.8 Å². The van der Waals surface area contributed by atoms with E-state index in [-0.39, 0.29) is 24.8 Å². The van der Waals surface area contributed by atoms with Crippen molar-refractivity contribution < 1.29 is 9.47 Å². The molecule has 0 bridgehead atoms. The molecule has 8 heteroatoms. The number of hydrogen-bond donors (Lipinski definition) is 0. The van der Waals surface area contributed by atoms with Gasteiger partial charge < -0.3 is 29.1 Å². The van der Waals surface area contributed by atoms with Gasteiger partial charge in [-0.15, -0.1) is 24.8 Å². The third-order valence-corrected chi connectivity index (χ3v) is 9.64. The number of likely N-dealkylation sites (tertiary alicyclic amines) is 4. The van der Waals surface area contributed by atoms with Crippen molar-refractivity contribution in [1.29, 1.82) is 0 Å². The fraction of sp³-hybridized carbons (Fsp3) is 0.824. The summed E-state index contributed by atoms with van der Waals surface area (Å²) in [6, 6.07) is 9.06. The van der Waals surface area contributed by atoms with E-state index in [2.05, 4.69) is 43.9 Å². The second-order valence-electron chi connectivity index (χ2n) is 13.1. The SMILES string of the molecule is Cl.Cl.c1cc(COC(CN2CCCCC2)CN2CCCCC2)ccc1COC(CN1CCCCC1)CN1CCCCC1. The summed E-state index contributed by atoms with van der Waals surface area (Å²) in [5, 5.41) is 0. The van der Waals surface area contributed by atoms with Crippen LogP contribution < -0.4 is 0 Å². The third kappa shape index (κ3) is 12.9. The first kappa shape index (κ1) is 36.0. The Morgan fingerprint density at radius 1 is 0.405 bits per heavy atom. The van der Waals surface area contributed by atoms with E-state index in [9.17, 15) is 0 Å². The number of ether oxygens (including phenoxy) is 2. The molecule has 0 aromatic heterocycles. The summed E-state index contributed by atoms with van der Waals surface area (Å²) >= 11 is 0. The van der Waals surface area contributed by atoms with Gasteiger partial charge in [-0.25, -0.2) is 0 Å². The van der Waals surface area contributed by atoms with Crippen molar-refractivity contribution in [3.63, 3.8) is 0 Å². The van der Waals surface area contributed by atoms with Crippen molar-refractivity contribution >= 4 is 24.8 Å². The van der Waals surface area contributed by atoms with E-state index in [1.807, 2.05) is 0 Å². The maximum Gasteiger partial charge on any atom is 0.0833 e. The molecule has 0 spiro atoms. The fourth-order valence-electron chi connectivity index (χ4n) is 7.21. The molecule has 4 aliphatic rings. The van der Waals surface area contributed by atoms with Crippen molar-refractivity contribution in [2.75, 3.05) is 78.5 Å². The number of benzene rings is 1. The molecule has 4 fully saturated rings. The summed E-state index contributed by atoms with van der Waals surface area (Å²) < 4.78 is 13.2. The molecule has 0 aliphatic carbocycles. The van der Waals surface area contributed by atoms with Crippen molar-refractivity contribution in [2.45, 2.75) is 102 Å². The van der Waals surface area contributed by atoms with E-state index in [1.54, 1.807) is 0 Å². The minimum absolute atomic E-state index is 0. The highest BCUT2D eigenvalue weighted by atomic mass is 35.5. The lowest BCUT2D eigenvalue weighted by Gasteiger charge is -2.34. The van der Waals surface area contributed by atoms with E-state index in [0.717, 1.165) is 26.2 Å². The largest absolute Gasteiger partial charge is 0.371 e. The van der Waals surface area contributed by atoms with Gasteiger partial charge in [-0.2, -0.15) is 0 Å². The Balaban J connectivity index is 0.00000242. The molecule has 4 heterocycles. The van der Waals surface area contributed by atoms with E-state index < -0.39 is 0 Å². The highest BCUT2D eigenvalue weighted by molar-refractivity contribution is 5.85. The Labute approximate surface area is 269 Å². The Morgan fingerprint density at radius 2 is 0.643 bits per heavy atom. The lowest BCUT2D eigenvalue weighted by molar-refractivity contribution is -0.0128. The monoisotopic (exact) mass is 626 g/mol. The van der Waals surface area contributed by atoms with Gasteiger partial charge in [0.1, 0.15) is 0 Å². The lowest BCUT2D eigenvalue weighted by atomic mass is 10.1. The molecule has 0 radical (unpaired) electrons. The second kappa shape index (κ2) is 20.6. The van der Waals surface area contributed by atoms with Gasteiger partial charge in [-0.05, 0) is 115 Å². The van der Waals surface area contributed by atoms with E-state index >= 15 is 0 Å². The van der Waals surface area contributed by atoms with E-state index in [4.69, 9.17) is 9.47 Å². The molecule has 5 rings (SSSR count). The molecule has 1 aromatic carbocycles. The zero-order chi connectivity index (χ0) is 27.2. The van der Waals surface area contributed by atoms with Crippen LogP contribution in [0.1, 0.15) is 88.2 Å². The lowest BCUT2D eigenvalue weighted by Crippen LogP contribution is -2.44. The first-order chi connectivity index (χ1) is 19.8. The quantitative estimate of drug-likeness (QED) is 0.243. The molecule has 0 atom stereocenters. The average molecular weight is 628 g/mol. The molecule has 242 valence electrons. The average Bonchev–Trinajstić information content (AvgIpc) is 3.01. The summed E-state index contributed by atoms with van der Waals surface area (Å²) in [6.07, 6.45) is 16.9. The van der Waals surface area contributed by atoms with Gasteiger partial charge in [0.05, 0.1) is 25.4 Å².